The van der Waals surface area contributed by atoms with Gasteiger partial charge < -0.3 is 12.9 Å². The summed E-state index contributed by atoms with van der Waals surface area (Å²) in [6.45, 7) is -4.94. The summed E-state index contributed by atoms with van der Waals surface area (Å²) >= 11 is 0. The highest BCUT2D eigenvalue weighted by Gasteiger charge is 2.24. The van der Waals surface area contributed by atoms with Crippen LogP contribution in [-0.4, -0.2) is 16.9 Å². The largest absolute Gasteiger partial charge is 0.482 e. The van der Waals surface area contributed by atoms with E-state index in [0.717, 1.165) is 12.5 Å². The van der Waals surface area contributed by atoms with Crippen LogP contribution >= 0.6 is 0 Å². The molecule has 0 saturated heterocycles. The molecule has 0 amide bonds. The highest BCUT2D eigenvalue weighted by molar-refractivity contribution is 6.57. The lowest BCUT2D eigenvalue weighted by Crippen LogP contribution is -2.20. The lowest BCUT2D eigenvalue weighted by atomic mass is 9.82. The van der Waals surface area contributed by atoms with E-state index in [1.165, 1.54) is 0 Å². The zero-order valence-corrected chi connectivity index (χ0v) is 6.41. The predicted molar refractivity (Wildman–Crippen MR) is 39.5 cm³/mol. The van der Waals surface area contributed by atoms with E-state index in [9.17, 15) is 12.9 Å². The first-order valence-corrected chi connectivity index (χ1v) is 3.43. The van der Waals surface area contributed by atoms with Crippen molar-refractivity contribution in [1.82, 2.24) is 9.97 Å². The van der Waals surface area contributed by atoms with Gasteiger partial charge in [-0.25, -0.2) is 9.97 Å². The third-order valence-electron chi connectivity index (χ3n) is 1.35. The molecule has 1 heterocycles. The Morgan fingerprint density at radius 2 is 2.15 bits per heavy atom. The second-order valence-electron chi connectivity index (χ2n) is 2.42. The van der Waals surface area contributed by atoms with Gasteiger partial charge in [0.25, 0.3) is 0 Å². The van der Waals surface area contributed by atoms with Gasteiger partial charge in [-0.1, -0.05) is 6.32 Å². The summed E-state index contributed by atoms with van der Waals surface area (Å²) in [6, 6.07) is 1.58. The fraction of sp³-hybridized carbons (Fsp3) is 0.167. The molecule has 0 aromatic carbocycles. The first kappa shape index (κ1) is 9.51. The first-order chi connectivity index (χ1) is 6.03. The average molecular weight is 186 g/mol. The summed E-state index contributed by atoms with van der Waals surface area (Å²) in [5, 5.41) is 8.41. The molecule has 0 atom stereocenters. The lowest BCUT2D eigenvalue weighted by Gasteiger charge is -2.12. The van der Waals surface area contributed by atoms with E-state index in [2.05, 4.69) is 9.97 Å². The van der Waals surface area contributed by atoms with E-state index in [0.29, 0.717) is 0 Å². The zero-order chi connectivity index (χ0) is 9.90. The Kier molecular flexibility index (Phi) is 2.51. The molecule has 7 heteroatoms. The number of hydrogen-bond donors (Lipinski definition) is 0. The quantitative estimate of drug-likeness (QED) is 0.653. The number of nitrogens with zero attached hydrogens (tertiary/aromatic N) is 3. The molecule has 0 unspecified atom stereocenters. The summed E-state index contributed by atoms with van der Waals surface area (Å²) in [5.41, 5.74) is -0.383. The maximum atomic E-state index is 12.0. The van der Waals surface area contributed by atoms with Gasteiger partial charge >= 0.3 is 6.98 Å². The van der Waals surface area contributed by atoms with Gasteiger partial charge in [0.2, 0.25) is 0 Å². The van der Waals surface area contributed by atoms with Crippen molar-refractivity contribution < 1.29 is 12.9 Å². The van der Waals surface area contributed by atoms with E-state index in [-0.39, 0.29) is 11.3 Å². The molecule has 0 aliphatic heterocycles. The molecule has 1 rings (SSSR count). The van der Waals surface area contributed by atoms with Crippen molar-refractivity contribution >= 4 is 6.98 Å². The standard InChI is InChI=1S/C6H4BF3N3/c8-7(9,10)1-5-3-12-4-13-6(5)2-11/h3-4H,1H2/q-1. The third kappa shape index (κ3) is 2.74. The molecule has 68 valence electrons. The topological polar surface area (TPSA) is 49.6 Å². The second kappa shape index (κ2) is 3.43. The molecule has 0 aliphatic carbocycles. The minimum atomic E-state index is -4.94. The summed E-state index contributed by atoms with van der Waals surface area (Å²) < 4.78 is 35.9. The van der Waals surface area contributed by atoms with Crippen molar-refractivity contribution in [2.24, 2.45) is 0 Å². The fourth-order valence-electron chi connectivity index (χ4n) is 0.858. The maximum Gasteiger partial charge on any atom is 0.482 e. The van der Waals surface area contributed by atoms with Gasteiger partial charge in [-0.2, -0.15) is 5.26 Å². The van der Waals surface area contributed by atoms with Gasteiger partial charge in [0.15, 0.2) is 0 Å². The van der Waals surface area contributed by atoms with Crippen LogP contribution in [0.25, 0.3) is 0 Å². The van der Waals surface area contributed by atoms with Crippen LogP contribution in [0.5, 0.6) is 0 Å². The van der Waals surface area contributed by atoms with E-state index >= 15 is 0 Å². The molecule has 13 heavy (non-hydrogen) atoms. The smallest absolute Gasteiger partial charge is 0.449 e. The summed E-state index contributed by atoms with van der Waals surface area (Å²) in [4.78, 5) is 6.84. The van der Waals surface area contributed by atoms with Gasteiger partial charge in [0.05, 0.1) is 0 Å². The molecule has 0 N–H and O–H groups in total. The van der Waals surface area contributed by atoms with Gasteiger partial charge in [-0.05, 0) is 5.56 Å². The van der Waals surface area contributed by atoms with Crippen molar-refractivity contribution in [3.8, 4) is 6.07 Å². The van der Waals surface area contributed by atoms with Crippen molar-refractivity contribution in [1.29, 1.82) is 5.26 Å². The number of halogens is 3. The fourth-order valence-corrected chi connectivity index (χ4v) is 0.858. The molecule has 0 bridgehead atoms. The molecular formula is C6H4BF3N3-. The Bertz CT molecular complexity index is 344. The van der Waals surface area contributed by atoms with Crippen molar-refractivity contribution in [3.05, 3.63) is 23.8 Å². The van der Waals surface area contributed by atoms with Crippen LogP contribution in [0.1, 0.15) is 11.3 Å². The molecule has 0 radical (unpaired) electrons. The van der Waals surface area contributed by atoms with Crippen LogP contribution in [-0.2, 0) is 6.32 Å². The number of nitriles is 1. The van der Waals surface area contributed by atoms with Gasteiger partial charge in [0.1, 0.15) is 18.1 Å². The number of hydrogen-bond acceptors (Lipinski definition) is 3. The van der Waals surface area contributed by atoms with E-state index in [1.54, 1.807) is 6.07 Å². The average Bonchev–Trinajstić information content (AvgIpc) is 2.02. The molecule has 0 spiro atoms. The van der Waals surface area contributed by atoms with Crippen LogP contribution in [0.4, 0.5) is 12.9 Å². The van der Waals surface area contributed by atoms with Crippen molar-refractivity contribution in [2.75, 3.05) is 0 Å². The highest BCUT2D eigenvalue weighted by Crippen LogP contribution is 2.16. The normalized spacial score (nSPS) is 10.9. The Hall–Kier alpha value is -1.58. The van der Waals surface area contributed by atoms with Crippen LogP contribution in [0, 0.1) is 11.3 Å². The Labute approximate surface area is 72.3 Å². The lowest BCUT2D eigenvalue weighted by molar-refractivity contribution is 0.468. The molecular weight excluding hydrogens is 182 g/mol. The number of rotatable bonds is 2. The van der Waals surface area contributed by atoms with Gasteiger partial charge in [0, 0.05) is 6.20 Å². The van der Waals surface area contributed by atoms with Crippen LogP contribution in [0.15, 0.2) is 12.5 Å². The molecule has 1 aromatic rings. The zero-order valence-electron chi connectivity index (χ0n) is 6.41. The minimum absolute atomic E-state index is 0.169. The van der Waals surface area contributed by atoms with E-state index in [4.69, 9.17) is 5.26 Å². The van der Waals surface area contributed by atoms with Crippen LogP contribution < -0.4 is 0 Å². The minimum Gasteiger partial charge on any atom is -0.449 e. The SMILES string of the molecule is N#Cc1ncncc1C[B-](F)(F)F. The van der Waals surface area contributed by atoms with Gasteiger partial charge in [-0.3, -0.25) is 0 Å². The molecule has 0 saturated carbocycles. The van der Waals surface area contributed by atoms with Crippen molar-refractivity contribution in [2.45, 2.75) is 6.32 Å². The third-order valence-corrected chi connectivity index (χ3v) is 1.35. The Balaban J connectivity index is 2.96. The summed E-state index contributed by atoms with van der Waals surface area (Å²) in [7, 11) is 0. The first-order valence-electron chi connectivity index (χ1n) is 3.43. The molecule has 0 aliphatic rings. The molecule has 3 nitrogen and oxygen atoms in total. The van der Waals surface area contributed by atoms with Crippen LogP contribution in [0.3, 0.4) is 0 Å². The highest BCUT2D eigenvalue weighted by atomic mass is 19.4. The van der Waals surface area contributed by atoms with E-state index in [1.807, 2.05) is 0 Å². The second-order valence-corrected chi connectivity index (χ2v) is 2.42. The summed E-state index contributed by atoms with van der Waals surface area (Å²) in [6.07, 6.45) is 0.954. The monoisotopic (exact) mass is 186 g/mol. The Morgan fingerprint density at radius 1 is 1.46 bits per heavy atom. The van der Waals surface area contributed by atoms with E-state index < -0.39 is 13.3 Å². The van der Waals surface area contributed by atoms with Crippen molar-refractivity contribution in [3.63, 3.8) is 0 Å². The molecule has 0 fully saturated rings. The van der Waals surface area contributed by atoms with Gasteiger partial charge in [-0.15, -0.1) is 0 Å². The van der Waals surface area contributed by atoms with Crippen LogP contribution in [0.2, 0.25) is 0 Å². The Morgan fingerprint density at radius 3 is 2.69 bits per heavy atom. The number of aromatic nitrogens is 2. The summed E-state index contributed by atoms with van der Waals surface area (Å²) in [5.74, 6) is 0. The molecule has 1 aromatic heterocycles. The predicted octanol–water partition coefficient (Wildman–Crippen LogP) is 1.28. The maximum absolute atomic E-state index is 12.0.